The first-order valence-electron chi connectivity index (χ1n) is 15.3. The van der Waals surface area contributed by atoms with Crippen molar-refractivity contribution in [2.24, 2.45) is 0 Å². The second kappa shape index (κ2) is 18.0. The van der Waals surface area contributed by atoms with Crippen LogP contribution in [0.25, 0.3) is 34.4 Å². The van der Waals surface area contributed by atoms with Gasteiger partial charge < -0.3 is 0 Å². The highest BCUT2D eigenvalue weighted by molar-refractivity contribution is 6.04. The average Bonchev–Trinajstić information content (AvgIpc) is 3.15. The molecule has 0 radical (unpaired) electrons. The van der Waals surface area contributed by atoms with Gasteiger partial charge in [0.2, 0.25) is 0 Å². The lowest BCUT2D eigenvalue weighted by atomic mass is 9.85. The van der Waals surface area contributed by atoms with Crippen LogP contribution in [0.4, 0.5) is 0 Å². The van der Waals surface area contributed by atoms with Gasteiger partial charge in [-0.05, 0) is 55.7 Å². The van der Waals surface area contributed by atoms with Crippen molar-refractivity contribution in [2.45, 2.75) is 0 Å². The van der Waals surface area contributed by atoms with Gasteiger partial charge in [0.25, 0.3) is 0 Å². The van der Waals surface area contributed by atoms with Crippen molar-refractivity contribution in [3.8, 4) is 11.1 Å². The molecular formula is C46H40. The summed E-state index contributed by atoms with van der Waals surface area (Å²) in [6, 6.07) is 59.5. The lowest BCUT2D eigenvalue weighted by Crippen LogP contribution is -1.97. The van der Waals surface area contributed by atoms with Crippen LogP contribution in [0.1, 0.15) is 33.4 Å². The van der Waals surface area contributed by atoms with Crippen LogP contribution in [0, 0.1) is 0 Å². The minimum Gasteiger partial charge on any atom is -0.0991 e. The summed E-state index contributed by atoms with van der Waals surface area (Å²) in [6.07, 6.45) is 6.98. The molecule has 0 amide bonds. The fraction of sp³-hybridized carbons (Fsp3) is 0. The Morgan fingerprint density at radius 3 is 0.891 bits per heavy atom. The van der Waals surface area contributed by atoms with Crippen molar-refractivity contribution in [1.29, 1.82) is 0 Å². The second-order valence-electron chi connectivity index (χ2n) is 10.3. The third-order valence-electron chi connectivity index (χ3n) is 7.29. The van der Waals surface area contributed by atoms with Gasteiger partial charge in [-0.1, -0.05) is 220 Å². The first-order valence-corrected chi connectivity index (χ1v) is 15.3. The topological polar surface area (TPSA) is 0 Å². The van der Waals surface area contributed by atoms with E-state index in [0.29, 0.717) is 0 Å². The van der Waals surface area contributed by atoms with E-state index in [4.69, 9.17) is 0 Å². The summed E-state index contributed by atoms with van der Waals surface area (Å²) in [4.78, 5) is 0. The fourth-order valence-electron chi connectivity index (χ4n) is 4.96. The quantitative estimate of drug-likeness (QED) is 0.122. The third-order valence-corrected chi connectivity index (χ3v) is 7.29. The average molecular weight is 593 g/mol. The maximum atomic E-state index is 3.85. The molecular weight excluding hydrogens is 553 g/mol. The summed E-state index contributed by atoms with van der Waals surface area (Å²) in [5.41, 5.74) is 12.0. The van der Waals surface area contributed by atoms with E-state index in [2.05, 4.69) is 166 Å². The molecule has 0 aliphatic carbocycles. The zero-order valence-electron chi connectivity index (χ0n) is 26.3. The van der Waals surface area contributed by atoms with Crippen molar-refractivity contribution < 1.29 is 0 Å². The van der Waals surface area contributed by atoms with Gasteiger partial charge in [-0.3, -0.25) is 0 Å². The Labute approximate surface area is 275 Å². The molecule has 0 aliphatic rings. The van der Waals surface area contributed by atoms with Crippen molar-refractivity contribution >= 4 is 23.3 Å². The molecule has 224 valence electrons. The van der Waals surface area contributed by atoms with Crippen LogP contribution >= 0.6 is 0 Å². The van der Waals surface area contributed by atoms with Gasteiger partial charge in [0, 0.05) is 0 Å². The van der Waals surface area contributed by atoms with Crippen LogP contribution in [-0.4, -0.2) is 0 Å². The van der Waals surface area contributed by atoms with E-state index < -0.39 is 0 Å². The predicted molar refractivity (Wildman–Crippen MR) is 203 cm³/mol. The van der Waals surface area contributed by atoms with E-state index in [1.807, 2.05) is 42.5 Å². The summed E-state index contributed by atoms with van der Waals surface area (Å²) >= 11 is 0. The zero-order chi connectivity index (χ0) is 32.4. The molecule has 0 atom stereocenters. The largest absolute Gasteiger partial charge is 0.0991 e. The highest BCUT2D eigenvalue weighted by Crippen LogP contribution is 2.37. The molecule has 0 fully saturated rings. The van der Waals surface area contributed by atoms with E-state index in [9.17, 15) is 0 Å². The van der Waals surface area contributed by atoms with Crippen molar-refractivity contribution in [3.63, 3.8) is 0 Å². The molecule has 0 nitrogen and oxygen atoms in total. The van der Waals surface area contributed by atoms with Gasteiger partial charge in [0.15, 0.2) is 0 Å². The zero-order valence-corrected chi connectivity index (χ0v) is 26.3. The molecule has 0 aliphatic heterocycles. The molecule has 0 unspecified atom stereocenters. The van der Waals surface area contributed by atoms with E-state index in [1.54, 1.807) is 12.2 Å². The number of allylic oxidation sites excluding steroid dienone is 2. The lowest BCUT2D eigenvalue weighted by Gasteiger charge is -2.18. The van der Waals surface area contributed by atoms with Gasteiger partial charge in [-0.15, -0.1) is 0 Å². The maximum Gasteiger partial charge on any atom is -0.00268 e. The molecule has 0 heterocycles. The minimum absolute atomic E-state index is 1.13. The summed E-state index contributed by atoms with van der Waals surface area (Å²) in [7, 11) is 0. The molecule has 0 bridgehead atoms. The Kier molecular flexibility index (Phi) is 12.9. The molecule has 6 rings (SSSR count). The fourth-order valence-corrected chi connectivity index (χ4v) is 4.96. The highest BCUT2D eigenvalue weighted by atomic mass is 14.2. The first kappa shape index (κ1) is 32.9. The summed E-state index contributed by atoms with van der Waals surface area (Å²) in [5.74, 6) is 0. The molecule has 0 saturated carbocycles. The normalized spacial score (nSPS) is 9.65. The number of rotatable bonds is 8. The lowest BCUT2D eigenvalue weighted by molar-refractivity contribution is 1.50. The van der Waals surface area contributed by atoms with E-state index in [1.165, 1.54) is 50.1 Å². The minimum atomic E-state index is 1.13. The van der Waals surface area contributed by atoms with E-state index in [-0.39, 0.29) is 0 Å². The Morgan fingerprint density at radius 2 is 0.587 bits per heavy atom. The first-order chi connectivity index (χ1) is 22.7. The van der Waals surface area contributed by atoms with Gasteiger partial charge in [0.1, 0.15) is 0 Å². The van der Waals surface area contributed by atoms with Crippen molar-refractivity contribution in [1.82, 2.24) is 0 Å². The predicted octanol–water partition coefficient (Wildman–Crippen LogP) is 12.7. The van der Waals surface area contributed by atoms with Crippen LogP contribution in [0.5, 0.6) is 0 Å². The van der Waals surface area contributed by atoms with Crippen LogP contribution in [0.3, 0.4) is 0 Å². The summed E-state index contributed by atoms with van der Waals surface area (Å²) < 4.78 is 0. The number of hydrogen-bond donors (Lipinski definition) is 0. The van der Waals surface area contributed by atoms with Gasteiger partial charge in [-0.25, -0.2) is 0 Å². The molecule has 6 aromatic carbocycles. The maximum absolute atomic E-state index is 3.85. The second-order valence-corrected chi connectivity index (χ2v) is 10.3. The number of benzene rings is 6. The molecule has 46 heavy (non-hydrogen) atoms. The standard InChI is InChI=1S/C34H26.C8H8.C4H6/c1-2-26-18-20-27(21-19-26)28-22-24-32(25-23-28)34(31-16-10-5-11-17-31)33(29-12-6-3-7-13-29)30-14-8-4-9-15-30;1-2-8-6-4-3-5-7-8;1-3-4-2/h2-25H,1H2;2-7H,1H2;3-4H,1-2H2. The Hall–Kier alpha value is -5.98. The summed E-state index contributed by atoms with van der Waals surface area (Å²) in [5, 5.41) is 0. The van der Waals surface area contributed by atoms with Crippen LogP contribution in [0.15, 0.2) is 208 Å². The Morgan fingerprint density at radius 1 is 0.304 bits per heavy atom. The van der Waals surface area contributed by atoms with Crippen LogP contribution in [0.2, 0.25) is 0 Å². The van der Waals surface area contributed by atoms with Gasteiger partial charge in [-0.2, -0.15) is 0 Å². The van der Waals surface area contributed by atoms with Crippen LogP contribution in [-0.2, 0) is 0 Å². The molecule has 0 spiro atoms. The molecule has 0 aromatic heterocycles. The molecule has 0 saturated heterocycles. The third kappa shape index (κ3) is 9.26. The molecule has 0 N–H and O–H groups in total. The van der Waals surface area contributed by atoms with Crippen molar-refractivity contribution in [2.75, 3.05) is 0 Å². The molecule has 6 aromatic rings. The summed E-state index contributed by atoms with van der Waals surface area (Å²) in [6.45, 7) is 14.2. The monoisotopic (exact) mass is 592 g/mol. The highest BCUT2D eigenvalue weighted by Gasteiger charge is 2.16. The number of hydrogen-bond acceptors (Lipinski definition) is 0. The Balaban J connectivity index is 0.000000338. The Bertz CT molecular complexity index is 1780. The van der Waals surface area contributed by atoms with Gasteiger partial charge >= 0.3 is 0 Å². The smallest absolute Gasteiger partial charge is 0.00268 e. The van der Waals surface area contributed by atoms with Gasteiger partial charge in [0.05, 0.1) is 0 Å². The van der Waals surface area contributed by atoms with Crippen molar-refractivity contribution in [3.05, 3.63) is 242 Å². The van der Waals surface area contributed by atoms with Crippen LogP contribution < -0.4 is 0 Å². The SMILES string of the molecule is C=CC=C.C=Cc1ccc(-c2ccc(C(=C(c3ccccc3)c3ccccc3)c3ccccc3)cc2)cc1.C=Cc1ccccc1. The van der Waals surface area contributed by atoms with E-state index in [0.717, 1.165) is 5.56 Å². The molecule has 0 heteroatoms. The van der Waals surface area contributed by atoms with E-state index >= 15 is 0 Å².